The summed E-state index contributed by atoms with van der Waals surface area (Å²) in [6.45, 7) is 0.319. The topological polar surface area (TPSA) is 44.3 Å². The highest BCUT2D eigenvalue weighted by Crippen LogP contribution is 2.25. The van der Waals surface area contributed by atoms with E-state index in [2.05, 4.69) is 10.9 Å². The van der Waals surface area contributed by atoms with E-state index in [1.165, 1.54) is 6.42 Å². The number of hydrazine groups is 1. The van der Waals surface area contributed by atoms with Crippen molar-refractivity contribution < 1.29 is 5.11 Å². The van der Waals surface area contributed by atoms with Crippen molar-refractivity contribution in [3.05, 3.63) is 0 Å². The Balaban J connectivity index is 2.11. The van der Waals surface area contributed by atoms with Gasteiger partial charge in [0, 0.05) is 12.6 Å². The Kier molecular flexibility index (Phi) is 2.45. The molecule has 3 heteroatoms. The smallest absolute Gasteiger partial charge is 0.0474 e. The molecular weight excluding hydrogens is 116 g/mol. The molecule has 1 saturated carbocycles. The molecule has 0 aliphatic heterocycles. The molecule has 54 valence electrons. The van der Waals surface area contributed by atoms with Gasteiger partial charge >= 0.3 is 0 Å². The van der Waals surface area contributed by atoms with Gasteiger partial charge in [0.05, 0.1) is 0 Å². The fraction of sp³-hybridized carbons (Fsp3) is 1.00. The Hall–Kier alpha value is -0.120. The van der Waals surface area contributed by atoms with E-state index in [1.807, 2.05) is 7.05 Å². The van der Waals surface area contributed by atoms with Crippen LogP contribution in [-0.4, -0.2) is 24.8 Å². The second-order valence-corrected chi connectivity index (χ2v) is 2.52. The molecule has 9 heavy (non-hydrogen) atoms. The number of aliphatic hydroxyl groups excluding tert-OH is 1. The summed E-state index contributed by atoms with van der Waals surface area (Å²) in [4.78, 5) is 0. The molecular formula is C6H14N2O. The molecule has 0 radical (unpaired) electrons. The van der Waals surface area contributed by atoms with Gasteiger partial charge in [-0.05, 0) is 25.8 Å². The van der Waals surface area contributed by atoms with Gasteiger partial charge in [-0.25, -0.2) is 0 Å². The molecule has 0 heterocycles. The number of rotatable bonds is 3. The zero-order chi connectivity index (χ0) is 6.69. The van der Waals surface area contributed by atoms with Crippen molar-refractivity contribution in [3.8, 4) is 0 Å². The highest BCUT2D eigenvalue weighted by Gasteiger charge is 2.28. The lowest BCUT2D eigenvalue weighted by atomic mass is 9.81. The van der Waals surface area contributed by atoms with Crippen LogP contribution in [-0.2, 0) is 0 Å². The van der Waals surface area contributed by atoms with Gasteiger partial charge in [0.15, 0.2) is 0 Å². The molecule has 3 nitrogen and oxygen atoms in total. The average Bonchev–Trinajstić information content (AvgIpc) is 1.82. The second-order valence-electron chi connectivity index (χ2n) is 2.52. The minimum absolute atomic E-state index is 0.319. The van der Waals surface area contributed by atoms with Crippen molar-refractivity contribution in [1.29, 1.82) is 0 Å². The standard InChI is InChI=1S/C6H14N2O/c1-7-8-6-3-2-5(6)4-9/h5-9H,2-4H2,1H3. The molecule has 2 unspecified atom stereocenters. The predicted molar refractivity (Wildman–Crippen MR) is 35.8 cm³/mol. The molecule has 2 atom stereocenters. The fourth-order valence-corrected chi connectivity index (χ4v) is 1.16. The third-order valence-electron chi connectivity index (χ3n) is 1.98. The Bertz CT molecular complexity index is 85.1. The van der Waals surface area contributed by atoms with Crippen LogP contribution >= 0.6 is 0 Å². The van der Waals surface area contributed by atoms with Crippen LogP contribution in [0.15, 0.2) is 0 Å². The van der Waals surface area contributed by atoms with Crippen molar-refractivity contribution in [3.63, 3.8) is 0 Å². The van der Waals surface area contributed by atoms with Crippen LogP contribution < -0.4 is 10.9 Å². The second kappa shape index (κ2) is 3.15. The zero-order valence-electron chi connectivity index (χ0n) is 5.72. The van der Waals surface area contributed by atoms with Crippen LogP contribution in [0.4, 0.5) is 0 Å². The van der Waals surface area contributed by atoms with Gasteiger partial charge in [-0.1, -0.05) is 0 Å². The lowest BCUT2D eigenvalue weighted by molar-refractivity contribution is 0.109. The summed E-state index contributed by atoms with van der Waals surface area (Å²) in [5.41, 5.74) is 5.95. The molecule has 1 aliphatic rings. The average molecular weight is 130 g/mol. The number of aliphatic hydroxyl groups is 1. The van der Waals surface area contributed by atoms with Crippen LogP contribution in [0.25, 0.3) is 0 Å². The normalized spacial score (nSPS) is 34.0. The van der Waals surface area contributed by atoms with Gasteiger partial charge in [-0.2, -0.15) is 0 Å². The minimum atomic E-state index is 0.319. The minimum Gasteiger partial charge on any atom is -0.396 e. The number of nitrogens with one attached hydrogen (secondary N) is 2. The highest BCUT2D eigenvalue weighted by molar-refractivity contribution is 4.84. The first-order valence-electron chi connectivity index (χ1n) is 3.41. The van der Waals surface area contributed by atoms with E-state index in [9.17, 15) is 0 Å². The van der Waals surface area contributed by atoms with Gasteiger partial charge in [0.1, 0.15) is 0 Å². The van der Waals surface area contributed by atoms with Gasteiger partial charge in [0.25, 0.3) is 0 Å². The van der Waals surface area contributed by atoms with E-state index >= 15 is 0 Å². The zero-order valence-corrected chi connectivity index (χ0v) is 5.72. The van der Waals surface area contributed by atoms with E-state index in [1.54, 1.807) is 0 Å². The lowest BCUT2D eigenvalue weighted by Gasteiger charge is -2.35. The highest BCUT2D eigenvalue weighted by atomic mass is 16.3. The molecule has 0 saturated heterocycles. The first-order chi connectivity index (χ1) is 4.38. The monoisotopic (exact) mass is 130 g/mol. The molecule has 1 fully saturated rings. The van der Waals surface area contributed by atoms with Gasteiger partial charge < -0.3 is 5.11 Å². The maximum absolute atomic E-state index is 8.72. The summed E-state index contributed by atoms with van der Waals surface area (Å²) in [7, 11) is 1.85. The van der Waals surface area contributed by atoms with E-state index in [0.29, 0.717) is 18.6 Å². The van der Waals surface area contributed by atoms with Crippen molar-refractivity contribution in [2.24, 2.45) is 5.92 Å². The SMILES string of the molecule is CNNC1CCC1CO. The molecule has 0 aromatic rings. The fourth-order valence-electron chi connectivity index (χ4n) is 1.16. The van der Waals surface area contributed by atoms with Crippen molar-refractivity contribution in [2.45, 2.75) is 18.9 Å². The Morgan fingerprint density at radius 2 is 2.33 bits per heavy atom. The van der Waals surface area contributed by atoms with Gasteiger partial charge in [-0.15, -0.1) is 0 Å². The van der Waals surface area contributed by atoms with Crippen molar-refractivity contribution >= 4 is 0 Å². The first-order valence-corrected chi connectivity index (χ1v) is 3.41. The van der Waals surface area contributed by atoms with Crippen molar-refractivity contribution in [2.75, 3.05) is 13.7 Å². The van der Waals surface area contributed by atoms with E-state index in [4.69, 9.17) is 5.11 Å². The Labute approximate surface area is 55.4 Å². The lowest BCUT2D eigenvalue weighted by Crippen LogP contribution is -2.50. The van der Waals surface area contributed by atoms with E-state index in [-0.39, 0.29) is 0 Å². The van der Waals surface area contributed by atoms with Crippen LogP contribution in [0.3, 0.4) is 0 Å². The van der Waals surface area contributed by atoms with Gasteiger partial charge in [0.2, 0.25) is 0 Å². The van der Waals surface area contributed by atoms with Crippen LogP contribution in [0.2, 0.25) is 0 Å². The summed E-state index contributed by atoms with van der Waals surface area (Å²) >= 11 is 0. The summed E-state index contributed by atoms with van der Waals surface area (Å²) in [6.07, 6.45) is 2.35. The molecule has 1 aliphatic carbocycles. The van der Waals surface area contributed by atoms with Crippen molar-refractivity contribution in [1.82, 2.24) is 10.9 Å². The van der Waals surface area contributed by atoms with E-state index in [0.717, 1.165) is 6.42 Å². The largest absolute Gasteiger partial charge is 0.396 e. The number of hydrogen-bond donors (Lipinski definition) is 3. The Morgan fingerprint density at radius 1 is 1.56 bits per heavy atom. The third-order valence-corrected chi connectivity index (χ3v) is 1.98. The van der Waals surface area contributed by atoms with E-state index < -0.39 is 0 Å². The maximum Gasteiger partial charge on any atom is 0.0474 e. The molecule has 0 spiro atoms. The predicted octanol–water partition coefficient (Wildman–Crippen LogP) is -0.519. The first kappa shape index (κ1) is 6.99. The van der Waals surface area contributed by atoms with Crippen LogP contribution in [0, 0.1) is 5.92 Å². The van der Waals surface area contributed by atoms with Crippen LogP contribution in [0.1, 0.15) is 12.8 Å². The molecule has 0 aromatic heterocycles. The third kappa shape index (κ3) is 1.41. The Morgan fingerprint density at radius 3 is 2.67 bits per heavy atom. The summed E-state index contributed by atoms with van der Waals surface area (Å²) < 4.78 is 0. The van der Waals surface area contributed by atoms with Gasteiger partial charge in [-0.3, -0.25) is 10.9 Å². The summed E-state index contributed by atoms with van der Waals surface area (Å²) in [5, 5.41) is 8.72. The maximum atomic E-state index is 8.72. The quantitative estimate of drug-likeness (QED) is 0.450. The summed E-state index contributed by atoms with van der Waals surface area (Å²) in [5.74, 6) is 0.484. The summed E-state index contributed by atoms with van der Waals surface area (Å²) in [6, 6.07) is 0.500. The molecule has 1 rings (SSSR count). The molecule has 0 aromatic carbocycles. The van der Waals surface area contributed by atoms with Crippen LogP contribution in [0.5, 0.6) is 0 Å². The molecule has 0 bridgehead atoms. The molecule has 3 N–H and O–H groups in total. The number of hydrogen-bond acceptors (Lipinski definition) is 3. The molecule has 0 amide bonds.